The number of piperidine rings is 1. The van der Waals surface area contributed by atoms with Crippen LogP contribution in [0.25, 0.3) is 5.65 Å². The molecular weight excluding hydrogens is 387 g/mol. The molecule has 1 amide bonds. The minimum atomic E-state index is -0.946. The third kappa shape index (κ3) is 3.14. The van der Waals surface area contributed by atoms with E-state index in [0.29, 0.717) is 30.6 Å². The molecule has 1 saturated heterocycles. The van der Waals surface area contributed by atoms with Crippen LogP contribution in [-0.4, -0.2) is 55.8 Å². The molecule has 0 N–H and O–H groups in total. The van der Waals surface area contributed by atoms with Crippen LogP contribution in [0.2, 0.25) is 0 Å². The third-order valence-electron chi connectivity index (χ3n) is 5.89. The van der Waals surface area contributed by atoms with Crippen LogP contribution in [0.4, 0.5) is 15.9 Å². The van der Waals surface area contributed by atoms with Gasteiger partial charge in [0, 0.05) is 44.3 Å². The van der Waals surface area contributed by atoms with E-state index in [9.17, 15) is 14.0 Å². The molecule has 2 aliphatic heterocycles. The van der Waals surface area contributed by atoms with Gasteiger partial charge in [-0.2, -0.15) is 5.10 Å². The average molecular weight is 410 g/mol. The highest BCUT2D eigenvalue weighted by atomic mass is 19.1. The summed E-state index contributed by atoms with van der Waals surface area (Å²) >= 11 is 0. The highest BCUT2D eigenvalue weighted by molar-refractivity contribution is 5.94. The number of halogens is 1. The monoisotopic (exact) mass is 410 g/mol. The van der Waals surface area contributed by atoms with Crippen molar-refractivity contribution in [3.8, 4) is 0 Å². The van der Waals surface area contributed by atoms with Crippen LogP contribution in [-0.2, 0) is 13.5 Å². The zero-order chi connectivity index (χ0) is 20.8. The second-order valence-electron chi connectivity index (χ2n) is 7.97. The first-order valence-corrected chi connectivity index (χ1v) is 10.3. The molecule has 1 atom stereocenters. The standard InChI is InChI=1S/C21H23FN6O2/c1-25-21(30)28-9-6-17(11-18(28)24-25)27-8-2-4-14-10-15(12-23-19(14)27)20(29)26-7-3-5-16(22)13-26/h6,9-12,16H,2-5,7-8,13H2,1H3/t16-/m0/s1. The van der Waals surface area contributed by atoms with Crippen molar-refractivity contribution >= 4 is 23.1 Å². The number of likely N-dealkylation sites (tertiary alicyclic amines) is 1. The Labute approximate surface area is 172 Å². The lowest BCUT2D eigenvalue weighted by molar-refractivity contribution is 0.0635. The number of carbonyl (C=O) groups is 1. The van der Waals surface area contributed by atoms with Gasteiger partial charge in [-0.25, -0.2) is 18.9 Å². The number of fused-ring (bicyclic) bond motifs is 2. The topological polar surface area (TPSA) is 75.7 Å². The molecule has 5 rings (SSSR count). The number of hydrogen-bond donors (Lipinski definition) is 0. The Morgan fingerprint density at radius 3 is 2.93 bits per heavy atom. The van der Waals surface area contributed by atoms with Crippen molar-refractivity contribution in [2.24, 2.45) is 7.05 Å². The maximum Gasteiger partial charge on any atom is 0.350 e. The Bertz CT molecular complexity index is 1190. The average Bonchev–Trinajstić information content (AvgIpc) is 3.05. The second-order valence-corrected chi connectivity index (χ2v) is 7.97. The summed E-state index contributed by atoms with van der Waals surface area (Å²) in [6.45, 7) is 1.54. The predicted octanol–water partition coefficient (Wildman–Crippen LogP) is 2.09. The van der Waals surface area contributed by atoms with Gasteiger partial charge in [-0.1, -0.05) is 0 Å². The van der Waals surface area contributed by atoms with Gasteiger partial charge in [-0.15, -0.1) is 0 Å². The molecule has 9 heteroatoms. The molecule has 0 aliphatic carbocycles. The lowest BCUT2D eigenvalue weighted by Crippen LogP contribution is -2.40. The summed E-state index contributed by atoms with van der Waals surface area (Å²) in [5, 5.41) is 4.26. The van der Waals surface area contributed by atoms with Gasteiger partial charge in [-0.3, -0.25) is 9.20 Å². The summed E-state index contributed by atoms with van der Waals surface area (Å²) < 4.78 is 16.5. The maximum atomic E-state index is 13.7. The minimum absolute atomic E-state index is 0.154. The number of amides is 1. The molecule has 0 saturated carbocycles. The fourth-order valence-corrected chi connectivity index (χ4v) is 4.36. The summed E-state index contributed by atoms with van der Waals surface area (Å²) in [6, 6.07) is 5.63. The van der Waals surface area contributed by atoms with Crippen molar-refractivity contribution in [3.05, 3.63) is 52.2 Å². The lowest BCUT2D eigenvalue weighted by atomic mass is 10.0. The van der Waals surface area contributed by atoms with Crippen LogP contribution in [0.3, 0.4) is 0 Å². The van der Waals surface area contributed by atoms with E-state index in [1.54, 1.807) is 24.3 Å². The van der Waals surface area contributed by atoms with E-state index in [1.165, 1.54) is 9.08 Å². The Hall–Kier alpha value is -3.23. The van der Waals surface area contributed by atoms with Crippen LogP contribution in [0.15, 0.2) is 35.4 Å². The summed E-state index contributed by atoms with van der Waals surface area (Å²) in [7, 11) is 1.62. The highest BCUT2D eigenvalue weighted by Gasteiger charge is 2.27. The number of hydrogen-bond acceptors (Lipinski definition) is 5. The van der Waals surface area contributed by atoms with Crippen molar-refractivity contribution in [2.75, 3.05) is 24.5 Å². The van der Waals surface area contributed by atoms with Gasteiger partial charge >= 0.3 is 5.69 Å². The summed E-state index contributed by atoms with van der Waals surface area (Å²) in [5.74, 6) is 0.654. The van der Waals surface area contributed by atoms with Crippen LogP contribution < -0.4 is 10.6 Å². The Morgan fingerprint density at radius 2 is 2.10 bits per heavy atom. The first-order chi connectivity index (χ1) is 14.5. The Kier molecular flexibility index (Phi) is 4.52. The number of rotatable bonds is 2. The molecular formula is C21H23FN6O2. The first-order valence-electron chi connectivity index (χ1n) is 10.3. The number of carbonyl (C=O) groups excluding carboxylic acids is 1. The quantitative estimate of drug-likeness (QED) is 0.647. The van der Waals surface area contributed by atoms with Gasteiger partial charge in [0.05, 0.1) is 12.1 Å². The fourth-order valence-electron chi connectivity index (χ4n) is 4.36. The molecule has 156 valence electrons. The van der Waals surface area contributed by atoms with Crippen LogP contribution in [0.1, 0.15) is 35.2 Å². The van der Waals surface area contributed by atoms with E-state index in [0.717, 1.165) is 36.5 Å². The van der Waals surface area contributed by atoms with Gasteiger partial charge in [0.15, 0.2) is 5.65 Å². The minimum Gasteiger partial charge on any atom is -0.336 e. The smallest absolute Gasteiger partial charge is 0.336 e. The summed E-state index contributed by atoms with van der Waals surface area (Å²) in [5.41, 5.74) is 2.79. The molecule has 0 spiro atoms. The SMILES string of the molecule is Cn1nc2cc(N3CCCc4cc(C(=O)N5CCC[C@H](F)C5)cnc43)ccn2c1=O. The second kappa shape index (κ2) is 7.23. The van der Waals surface area contributed by atoms with Gasteiger partial charge in [0.25, 0.3) is 5.91 Å². The van der Waals surface area contributed by atoms with Crippen molar-refractivity contribution in [2.45, 2.75) is 31.9 Å². The Balaban J connectivity index is 1.46. The van der Waals surface area contributed by atoms with Crippen LogP contribution in [0.5, 0.6) is 0 Å². The number of alkyl halides is 1. The van der Waals surface area contributed by atoms with E-state index in [2.05, 4.69) is 15.0 Å². The van der Waals surface area contributed by atoms with E-state index in [-0.39, 0.29) is 18.1 Å². The van der Waals surface area contributed by atoms with Crippen molar-refractivity contribution in [1.29, 1.82) is 0 Å². The van der Waals surface area contributed by atoms with Gasteiger partial charge < -0.3 is 9.80 Å². The zero-order valence-electron chi connectivity index (χ0n) is 16.8. The molecule has 0 bridgehead atoms. The van der Waals surface area contributed by atoms with Crippen LogP contribution >= 0.6 is 0 Å². The number of pyridine rings is 2. The fraction of sp³-hybridized carbons (Fsp3) is 0.429. The number of nitrogens with zero attached hydrogens (tertiary/aromatic N) is 6. The molecule has 3 aromatic rings. The molecule has 30 heavy (non-hydrogen) atoms. The Morgan fingerprint density at radius 1 is 1.23 bits per heavy atom. The van der Waals surface area contributed by atoms with Crippen molar-refractivity contribution < 1.29 is 9.18 Å². The van der Waals surface area contributed by atoms with Gasteiger partial charge in [0.2, 0.25) is 0 Å². The van der Waals surface area contributed by atoms with E-state index in [4.69, 9.17) is 0 Å². The molecule has 0 unspecified atom stereocenters. The van der Waals surface area contributed by atoms with Gasteiger partial charge in [0.1, 0.15) is 12.0 Å². The van der Waals surface area contributed by atoms with E-state index in [1.807, 2.05) is 18.2 Å². The van der Waals surface area contributed by atoms with E-state index < -0.39 is 6.17 Å². The largest absolute Gasteiger partial charge is 0.350 e. The predicted molar refractivity (Wildman–Crippen MR) is 110 cm³/mol. The van der Waals surface area contributed by atoms with Crippen LogP contribution in [0, 0.1) is 0 Å². The molecule has 3 aromatic heterocycles. The van der Waals surface area contributed by atoms with Crippen molar-refractivity contribution in [3.63, 3.8) is 0 Å². The molecule has 2 aliphatic rings. The normalized spacial score (nSPS) is 19.2. The van der Waals surface area contributed by atoms with Gasteiger partial charge in [-0.05, 0) is 43.4 Å². The maximum absolute atomic E-state index is 13.7. The first kappa shape index (κ1) is 18.8. The molecule has 1 fully saturated rings. The van der Waals surface area contributed by atoms with Crippen molar-refractivity contribution in [1.82, 2.24) is 24.1 Å². The zero-order valence-corrected chi connectivity index (χ0v) is 16.8. The van der Waals surface area contributed by atoms with E-state index >= 15 is 0 Å². The number of aryl methyl sites for hydroxylation is 2. The molecule has 8 nitrogen and oxygen atoms in total. The number of anilines is 2. The molecule has 5 heterocycles. The molecule has 0 aromatic carbocycles. The highest BCUT2D eigenvalue weighted by Crippen LogP contribution is 2.32. The third-order valence-corrected chi connectivity index (χ3v) is 5.89. The summed E-state index contributed by atoms with van der Waals surface area (Å²) in [4.78, 5) is 33.2. The summed E-state index contributed by atoms with van der Waals surface area (Å²) in [6.07, 6.45) is 5.32. The molecule has 0 radical (unpaired) electrons. The lowest BCUT2D eigenvalue weighted by Gasteiger charge is -2.31. The number of aromatic nitrogens is 4.